The zero-order valence-electron chi connectivity index (χ0n) is 17.2. The highest BCUT2D eigenvalue weighted by Crippen LogP contribution is 2.57. The minimum atomic E-state index is -3.83. The lowest BCUT2D eigenvalue weighted by molar-refractivity contribution is 0.583. The Bertz CT molecular complexity index is 1190. The first-order valence-electron chi connectivity index (χ1n) is 10.4. The van der Waals surface area contributed by atoms with Crippen molar-refractivity contribution in [2.45, 2.75) is 36.3 Å². The van der Waals surface area contributed by atoms with E-state index in [9.17, 15) is 13.0 Å². The molecule has 160 valence electrons. The summed E-state index contributed by atoms with van der Waals surface area (Å²) in [5.41, 5.74) is 0.858. The SMILES string of the molecule is C=C(C(=C1CCCCC1)S(=O)(=O)c1cccs1)P(=O)(c1ccccc1)c1ccccc1. The Labute approximate surface area is 188 Å². The molecule has 1 heterocycles. The number of rotatable bonds is 6. The smallest absolute Gasteiger partial charge is 0.216 e. The number of thiophene rings is 1. The van der Waals surface area contributed by atoms with Gasteiger partial charge in [-0.2, -0.15) is 0 Å². The van der Waals surface area contributed by atoms with Crippen LogP contribution in [0.25, 0.3) is 0 Å². The highest BCUT2D eigenvalue weighted by Gasteiger charge is 2.39. The first kappa shape index (κ1) is 22.0. The van der Waals surface area contributed by atoms with E-state index in [4.69, 9.17) is 0 Å². The van der Waals surface area contributed by atoms with Crippen molar-refractivity contribution in [1.29, 1.82) is 0 Å². The summed E-state index contributed by atoms with van der Waals surface area (Å²) >= 11 is 1.19. The van der Waals surface area contributed by atoms with Crippen LogP contribution in [0, 0.1) is 0 Å². The summed E-state index contributed by atoms with van der Waals surface area (Å²) in [6, 6.07) is 21.6. The third-order valence-corrected chi connectivity index (χ3v) is 12.2. The molecule has 0 atom stereocenters. The van der Waals surface area contributed by atoms with Crippen LogP contribution in [-0.2, 0) is 14.4 Å². The van der Waals surface area contributed by atoms with E-state index in [1.165, 1.54) is 11.3 Å². The fourth-order valence-corrected chi connectivity index (χ4v) is 10.2. The van der Waals surface area contributed by atoms with Crippen molar-refractivity contribution in [2.24, 2.45) is 0 Å². The normalized spacial score (nSPS) is 14.9. The van der Waals surface area contributed by atoms with Gasteiger partial charge in [0.15, 0.2) is 7.14 Å². The molecule has 1 saturated carbocycles. The molecule has 6 heteroatoms. The van der Waals surface area contributed by atoms with E-state index in [2.05, 4.69) is 6.58 Å². The molecule has 1 aliphatic carbocycles. The molecule has 0 N–H and O–H groups in total. The van der Waals surface area contributed by atoms with Gasteiger partial charge < -0.3 is 4.57 Å². The molecule has 0 saturated heterocycles. The van der Waals surface area contributed by atoms with E-state index >= 15 is 0 Å². The summed E-state index contributed by atoms with van der Waals surface area (Å²) < 4.78 is 42.7. The molecule has 1 aliphatic rings. The third-order valence-electron chi connectivity index (χ3n) is 5.69. The molecular weight excluding hydrogens is 443 g/mol. The summed E-state index contributed by atoms with van der Waals surface area (Å²) in [5, 5.41) is 3.17. The first-order valence-corrected chi connectivity index (χ1v) is 14.4. The Kier molecular flexibility index (Phi) is 6.47. The van der Waals surface area contributed by atoms with Gasteiger partial charge in [-0.05, 0) is 37.1 Å². The van der Waals surface area contributed by atoms with Gasteiger partial charge in [-0.1, -0.05) is 85.3 Å². The van der Waals surface area contributed by atoms with Gasteiger partial charge in [-0.25, -0.2) is 8.42 Å². The predicted octanol–water partition coefficient (Wildman–Crippen LogP) is 6.27. The van der Waals surface area contributed by atoms with Crippen molar-refractivity contribution in [3.63, 3.8) is 0 Å². The zero-order chi connectivity index (χ0) is 21.9. The highest BCUT2D eigenvalue weighted by molar-refractivity contribution is 7.98. The maximum atomic E-state index is 14.8. The van der Waals surface area contributed by atoms with Gasteiger partial charge in [0.25, 0.3) is 0 Å². The van der Waals surface area contributed by atoms with Crippen LogP contribution >= 0.6 is 18.5 Å². The number of sulfone groups is 1. The molecule has 31 heavy (non-hydrogen) atoms. The minimum absolute atomic E-state index is 0.186. The highest BCUT2D eigenvalue weighted by atomic mass is 32.2. The Hall–Kier alpha value is -2.20. The van der Waals surface area contributed by atoms with Crippen LogP contribution in [0.15, 0.2) is 105 Å². The van der Waals surface area contributed by atoms with E-state index in [-0.39, 0.29) is 14.4 Å². The van der Waals surface area contributed by atoms with Crippen LogP contribution in [0.5, 0.6) is 0 Å². The molecule has 0 unspecified atom stereocenters. The Morgan fingerprint density at radius 2 is 1.35 bits per heavy atom. The van der Waals surface area contributed by atoms with Gasteiger partial charge in [0.2, 0.25) is 9.84 Å². The van der Waals surface area contributed by atoms with Gasteiger partial charge in [-0.3, -0.25) is 0 Å². The quantitative estimate of drug-likeness (QED) is 0.401. The molecule has 0 radical (unpaired) electrons. The molecule has 0 amide bonds. The van der Waals surface area contributed by atoms with Gasteiger partial charge in [0, 0.05) is 15.9 Å². The monoisotopic (exact) mass is 468 g/mol. The van der Waals surface area contributed by atoms with Crippen molar-refractivity contribution < 1.29 is 13.0 Å². The zero-order valence-corrected chi connectivity index (χ0v) is 19.8. The number of hydrogen-bond acceptors (Lipinski definition) is 4. The Morgan fingerprint density at radius 3 is 1.84 bits per heavy atom. The van der Waals surface area contributed by atoms with Crippen LogP contribution in [0.1, 0.15) is 32.1 Å². The van der Waals surface area contributed by atoms with Crippen LogP contribution in [-0.4, -0.2) is 8.42 Å². The fraction of sp³-hybridized carbons (Fsp3) is 0.200. The molecule has 4 rings (SSSR count). The summed E-state index contributed by atoms with van der Waals surface area (Å²) in [7, 11) is -7.29. The predicted molar refractivity (Wildman–Crippen MR) is 131 cm³/mol. The maximum absolute atomic E-state index is 14.8. The number of benzene rings is 2. The van der Waals surface area contributed by atoms with E-state index in [0.717, 1.165) is 24.8 Å². The van der Waals surface area contributed by atoms with E-state index in [0.29, 0.717) is 23.5 Å². The van der Waals surface area contributed by atoms with E-state index < -0.39 is 17.0 Å². The summed E-state index contributed by atoms with van der Waals surface area (Å²) in [4.78, 5) is 0.186. The molecule has 1 fully saturated rings. The van der Waals surface area contributed by atoms with Crippen LogP contribution in [0.2, 0.25) is 0 Å². The molecule has 1 aromatic heterocycles. The molecule has 2 aromatic carbocycles. The molecule has 0 aliphatic heterocycles. The minimum Gasteiger partial charge on any atom is -0.309 e. The van der Waals surface area contributed by atoms with Crippen molar-refractivity contribution in [2.75, 3.05) is 0 Å². The topological polar surface area (TPSA) is 51.2 Å². The standard InChI is InChI=1S/C25H25O3PS2/c1-20(29(26,22-14-7-3-8-15-22)23-16-9-4-10-17-23)25(21-12-5-2-6-13-21)31(27,28)24-18-11-19-30-24/h3-4,7-11,14-19H,1-2,5-6,12-13H2. The summed E-state index contributed by atoms with van der Waals surface area (Å²) in [6.45, 7) is 4.24. The van der Waals surface area contributed by atoms with Crippen molar-refractivity contribution >= 4 is 38.9 Å². The summed E-state index contributed by atoms with van der Waals surface area (Å²) in [6.07, 6.45) is 4.35. The molecular formula is C25H25O3PS2. The second kappa shape index (κ2) is 9.12. The molecule has 0 spiro atoms. The fourth-order valence-electron chi connectivity index (χ4n) is 4.15. The lowest BCUT2D eigenvalue weighted by Gasteiger charge is -2.27. The van der Waals surface area contributed by atoms with E-state index in [1.807, 2.05) is 36.4 Å². The van der Waals surface area contributed by atoms with Crippen molar-refractivity contribution in [1.82, 2.24) is 0 Å². The maximum Gasteiger partial charge on any atom is 0.216 e. The third kappa shape index (κ3) is 4.15. The Balaban J connectivity index is 1.98. The largest absolute Gasteiger partial charge is 0.309 e. The van der Waals surface area contributed by atoms with Gasteiger partial charge in [-0.15, -0.1) is 11.3 Å². The molecule has 3 nitrogen and oxygen atoms in total. The van der Waals surface area contributed by atoms with E-state index in [1.54, 1.807) is 41.8 Å². The second-order valence-corrected chi connectivity index (χ2v) is 13.5. The summed E-state index contributed by atoms with van der Waals surface area (Å²) in [5.74, 6) is 0. The van der Waals surface area contributed by atoms with Gasteiger partial charge >= 0.3 is 0 Å². The van der Waals surface area contributed by atoms with Crippen molar-refractivity contribution in [3.8, 4) is 0 Å². The van der Waals surface area contributed by atoms with Crippen LogP contribution in [0.4, 0.5) is 0 Å². The average Bonchev–Trinajstić information content (AvgIpc) is 3.36. The number of allylic oxidation sites excluding steroid dienone is 2. The first-order chi connectivity index (χ1) is 15.0. The second-order valence-electron chi connectivity index (χ2n) is 7.66. The Morgan fingerprint density at radius 1 is 0.806 bits per heavy atom. The number of hydrogen-bond donors (Lipinski definition) is 0. The lowest BCUT2D eigenvalue weighted by atomic mass is 9.94. The van der Waals surface area contributed by atoms with Gasteiger partial charge in [0.1, 0.15) is 4.21 Å². The molecule has 3 aromatic rings. The van der Waals surface area contributed by atoms with Crippen molar-refractivity contribution in [3.05, 3.63) is 101 Å². The van der Waals surface area contributed by atoms with Crippen LogP contribution in [0.3, 0.4) is 0 Å². The van der Waals surface area contributed by atoms with Crippen LogP contribution < -0.4 is 10.6 Å². The molecule has 0 bridgehead atoms. The average molecular weight is 469 g/mol. The van der Waals surface area contributed by atoms with Gasteiger partial charge in [0.05, 0.1) is 4.91 Å². The lowest BCUT2D eigenvalue weighted by Crippen LogP contribution is -2.21.